The summed E-state index contributed by atoms with van der Waals surface area (Å²) in [6.07, 6.45) is 1.12. The molecule has 0 unspecified atom stereocenters. The van der Waals surface area contributed by atoms with Gasteiger partial charge >= 0.3 is 0 Å². The van der Waals surface area contributed by atoms with Crippen molar-refractivity contribution in [1.29, 1.82) is 0 Å². The topological polar surface area (TPSA) is 115 Å². The highest BCUT2D eigenvalue weighted by Crippen LogP contribution is 2.46. The van der Waals surface area contributed by atoms with Crippen LogP contribution >= 0.6 is 0 Å². The zero-order valence-electron chi connectivity index (χ0n) is 16.6. The second kappa shape index (κ2) is 6.82. The molecule has 4 N–H and O–H groups in total. The molecule has 150 valence electrons. The molecule has 2 atom stereocenters. The second-order valence-corrected chi connectivity index (χ2v) is 13.5. The van der Waals surface area contributed by atoms with E-state index in [0.29, 0.717) is 17.8 Å². The number of fused-ring (bicyclic) bond motifs is 1. The van der Waals surface area contributed by atoms with Gasteiger partial charge in [-0.05, 0) is 30.3 Å². The fourth-order valence-corrected chi connectivity index (χ4v) is 4.61. The second-order valence-electron chi connectivity index (χ2n) is 8.79. The van der Waals surface area contributed by atoms with E-state index in [1.54, 1.807) is 4.52 Å². The molecule has 0 amide bonds. The summed E-state index contributed by atoms with van der Waals surface area (Å²) in [5, 5.41) is 24.4. The Morgan fingerprint density at radius 2 is 2.00 bits per heavy atom. The summed E-state index contributed by atoms with van der Waals surface area (Å²) >= 11 is 0. The van der Waals surface area contributed by atoms with E-state index in [4.69, 9.17) is 14.9 Å². The number of ether oxygens (including phenoxy) is 1. The van der Waals surface area contributed by atoms with E-state index < -0.39 is 20.0 Å². The third kappa shape index (κ3) is 3.38. The quantitative estimate of drug-likeness (QED) is 0.663. The molecule has 1 aliphatic heterocycles. The Bertz CT molecular complexity index is 813. The monoisotopic (exact) mass is 394 g/mol. The molecule has 0 bridgehead atoms. The lowest BCUT2D eigenvalue weighted by atomic mass is 9.98. The van der Waals surface area contributed by atoms with Gasteiger partial charge in [-0.1, -0.05) is 20.8 Å². The highest BCUT2D eigenvalue weighted by Gasteiger charge is 2.53. The van der Waals surface area contributed by atoms with Crippen LogP contribution in [0.15, 0.2) is 18.5 Å². The van der Waals surface area contributed by atoms with Crippen molar-refractivity contribution in [3.8, 4) is 0 Å². The number of hydrogen-bond acceptors (Lipinski definition) is 7. The molecule has 1 saturated heterocycles. The predicted octanol–water partition coefficient (Wildman–Crippen LogP) is 1.89. The molecular weight excluding hydrogens is 364 g/mol. The number of aromatic nitrogens is 3. The normalized spacial score (nSPS) is 23.2. The van der Waals surface area contributed by atoms with Gasteiger partial charge in [0.25, 0.3) is 0 Å². The Hall–Kier alpha value is -1.52. The van der Waals surface area contributed by atoms with Gasteiger partial charge in [0.05, 0.1) is 25.0 Å². The molecule has 0 radical (unpaired) electrons. The fourth-order valence-electron chi connectivity index (χ4n) is 3.23. The average Bonchev–Trinajstić information content (AvgIpc) is 3.16. The zero-order chi connectivity index (χ0) is 20.0. The molecule has 3 rings (SSSR count). The number of rotatable bonds is 5. The highest BCUT2D eigenvalue weighted by molar-refractivity contribution is 6.74. The average molecular weight is 395 g/mol. The summed E-state index contributed by atoms with van der Waals surface area (Å²) in [6, 6.07) is 3.73. The lowest BCUT2D eigenvalue weighted by molar-refractivity contribution is -0.134. The smallest absolute Gasteiger partial charge is 0.192 e. The van der Waals surface area contributed by atoms with Crippen molar-refractivity contribution < 1.29 is 19.4 Å². The molecule has 1 fully saturated rings. The van der Waals surface area contributed by atoms with Crippen molar-refractivity contribution in [2.75, 3.05) is 18.9 Å². The van der Waals surface area contributed by atoms with Crippen LogP contribution in [-0.4, -0.2) is 58.0 Å². The molecule has 0 saturated carbocycles. The highest BCUT2D eigenvalue weighted by atomic mass is 28.4. The van der Waals surface area contributed by atoms with Gasteiger partial charge < -0.3 is 25.1 Å². The van der Waals surface area contributed by atoms with E-state index in [1.165, 1.54) is 6.33 Å². The summed E-state index contributed by atoms with van der Waals surface area (Å²) in [7, 11) is -2.12. The predicted molar refractivity (Wildman–Crippen MR) is 105 cm³/mol. The summed E-state index contributed by atoms with van der Waals surface area (Å²) in [6.45, 7) is 10.1. The Morgan fingerprint density at radius 3 is 2.59 bits per heavy atom. The van der Waals surface area contributed by atoms with Crippen LogP contribution in [0.1, 0.15) is 39.0 Å². The molecule has 2 aromatic heterocycles. The minimum absolute atomic E-state index is 0.00513. The van der Waals surface area contributed by atoms with Crippen molar-refractivity contribution in [2.45, 2.75) is 63.1 Å². The van der Waals surface area contributed by atoms with Crippen LogP contribution in [0.5, 0.6) is 0 Å². The Kier molecular flexibility index (Phi) is 5.11. The van der Waals surface area contributed by atoms with E-state index in [2.05, 4.69) is 43.9 Å². The minimum atomic E-state index is -2.12. The SMILES string of the molecule is CC(C)(C)[Si](C)(C)O[C@H]1C[C@H](c2ccc3c(N)ncnn23)OC1(CO)CO. The van der Waals surface area contributed by atoms with Crippen molar-refractivity contribution in [2.24, 2.45) is 0 Å². The maximum Gasteiger partial charge on any atom is 0.192 e. The van der Waals surface area contributed by atoms with Crippen molar-refractivity contribution in [1.82, 2.24) is 14.6 Å². The van der Waals surface area contributed by atoms with Gasteiger partial charge in [-0.25, -0.2) is 9.50 Å². The van der Waals surface area contributed by atoms with Crippen molar-refractivity contribution >= 4 is 19.7 Å². The largest absolute Gasteiger partial charge is 0.411 e. The molecular formula is C18H30N4O4Si. The first kappa shape index (κ1) is 20.2. The summed E-state index contributed by atoms with van der Waals surface area (Å²) < 4.78 is 14.4. The Labute approximate surface area is 160 Å². The number of aliphatic hydroxyl groups is 2. The lowest BCUT2D eigenvalue weighted by Gasteiger charge is -2.42. The van der Waals surface area contributed by atoms with Gasteiger partial charge in [-0.15, -0.1) is 0 Å². The van der Waals surface area contributed by atoms with Crippen LogP contribution in [-0.2, 0) is 9.16 Å². The molecule has 8 nitrogen and oxygen atoms in total. The zero-order valence-corrected chi connectivity index (χ0v) is 17.6. The van der Waals surface area contributed by atoms with E-state index in [1.807, 2.05) is 12.1 Å². The van der Waals surface area contributed by atoms with Gasteiger partial charge in [0.2, 0.25) is 0 Å². The first-order chi connectivity index (χ1) is 12.5. The van der Waals surface area contributed by atoms with Crippen LogP contribution in [0.3, 0.4) is 0 Å². The molecule has 27 heavy (non-hydrogen) atoms. The van der Waals surface area contributed by atoms with Crippen LogP contribution in [0.25, 0.3) is 5.52 Å². The molecule has 0 aromatic carbocycles. The molecule has 2 aromatic rings. The molecule has 0 spiro atoms. The van der Waals surface area contributed by atoms with E-state index in [9.17, 15) is 10.2 Å². The lowest BCUT2D eigenvalue weighted by Crippen LogP contribution is -2.54. The van der Waals surface area contributed by atoms with Crippen LogP contribution in [0, 0.1) is 0 Å². The standard InChI is InChI=1S/C18H30N4O4Si/c1-17(2,3)27(4,5)26-15-8-14(25-18(15,9-23)10-24)12-6-7-13-16(19)20-11-21-22(12)13/h6-7,11,14-15,23-24H,8-10H2,1-5H3,(H2,19,20,21)/t14-,15+/m1/s1. The third-order valence-corrected chi connectivity index (χ3v) is 10.5. The fraction of sp³-hybridized carbons (Fsp3) is 0.667. The Morgan fingerprint density at radius 1 is 1.33 bits per heavy atom. The maximum atomic E-state index is 10.1. The summed E-state index contributed by atoms with van der Waals surface area (Å²) in [5.74, 6) is 0.388. The van der Waals surface area contributed by atoms with Crippen LogP contribution in [0.2, 0.25) is 18.1 Å². The Balaban J connectivity index is 1.95. The minimum Gasteiger partial charge on any atom is -0.411 e. The number of nitrogens with two attached hydrogens (primary N) is 1. The van der Waals surface area contributed by atoms with Gasteiger partial charge in [0, 0.05) is 6.42 Å². The molecule has 9 heteroatoms. The van der Waals surface area contributed by atoms with E-state index in [0.717, 1.165) is 5.69 Å². The summed E-state index contributed by atoms with van der Waals surface area (Å²) in [4.78, 5) is 4.00. The summed E-state index contributed by atoms with van der Waals surface area (Å²) in [5.41, 5.74) is 6.27. The van der Waals surface area contributed by atoms with Crippen LogP contribution < -0.4 is 5.73 Å². The van der Waals surface area contributed by atoms with Crippen LogP contribution in [0.4, 0.5) is 5.82 Å². The van der Waals surface area contributed by atoms with Gasteiger partial charge in [-0.3, -0.25) is 0 Å². The third-order valence-electron chi connectivity index (χ3n) is 6.01. The van der Waals surface area contributed by atoms with E-state index >= 15 is 0 Å². The number of nitrogens with zero attached hydrogens (tertiary/aromatic N) is 3. The number of nitrogen functional groups attached to an aromatic ring is 1. The van der Waals surface area contributed by atoms with Gasteiger partial charge in [0.1, 0.15) is 23.5 Å². The van der Waals surface area contributed by atoms with Gasteiger partial charge in [0.15, 0.2) is 14.1 Å². The van der Waals surface area contributed by atoms with Crippen molar-refractivity contribution in [3.05, 3.63) is 24.2 Å². The first-order valence-electron chi connectivity index (χ1n) is 9.20. The molecule has 1 aliphatic rings. The van der Waals surface area contributed by atoms with Gasteiger partial charge in [-0.2, -0.15) is 5.10 Å². The maximum absolute atomic E-state index is 10.1. The molecule has 3 heterocycles. The number of anilines is 1. The van der Waals surface area contributed by atoms with E-state index in [-0.39, 0.29) is 24.4 Å². The molecule has 0 aliphatic carbocycles. The number of hydrogen-bond donors (Lipinski definition) is 3. The number of aliphatic hydroxyl groups excluding tert-OH is 2. The van der Waals surface area contributed by atoms with Crippen molar-refractivity contribution in [3.63, 3.8) is 0 Å². The first-order valence-corrected chi connectivity index (χ1v) is 12.1.